The maximum Gasteiger partial charge on any atom is 0.243 e. The number of aliphatic imine (C=N–C) groups is 1. The summed E-state index contributed by atoms with van der Waals surface area (Å²) >= 11 is 0. The van der Waals surface area contributed by atoms with Crippen molar-refractivity contribution in [3.8, 4) is 0 Å². The van der Waals surface area contributed by atoms with E-state index in [1.54, 1.807) is 26.2 Å². The van der Waals surface area contributed by atoms with Gasteiger partial charge in [-0.15, -0.1) is 0 Å². The number of nitrogens with zero attached hydrogens (tertiary/aromatic N) is 2. The molecule has 1 aromatic rings. The molecule has 5 nitrogen and oxygen atoms in total. The quantitative estimate of drug-likeness (QED) is 0.579. The molecule has 2 N–H and O–H groups in total. The maximum atomic E-state index is 13.3. The molecule has 1 aliphatic carbocycles. The van der Waals surface area contributed by atoms with Gasteiger partial charge in [-0.05, 0) is 42.9 Å². The van der Waals surface area contributed by atoms with E-state index >= 15 is 0 Å². The topological polar surface area (TPSA) is 56.7 Å². The summed E-state index contributed by atoms with van der Waals surface area (Å²) in [5.74, 6) is 1.07. The molecule has 1 aromatic carbocycles. The first-order chi connectivity index (χ1) is 12.5. The Morgan fingerprint density at radius 1 is 1.23 bits per heavy atom. The molecule has 6 heteroatoms. The molecule has 1 amide bonds. The lowest BCUT2D eigenvalue weighted by atomic mass is 9.89. The van der Waals surface area contributed by atoms with E-state index in [0.29, 0.717) is 24.8 Å². The summed E-state index contributed by atoms with van der Waals surface area (Å²) in [6.45, 7) is 1.63. The second-order valence-corrected chi connectivity index (χ2v) is 7.14. The number of carbonyl (C=O) groups excluding carboxylic acids is 1. The normalized spacial score (nSPS) is 15.6. The number of hydrogen-bond donors (Lipinski definition) is 2. The highest BCUT2D eigenvalue weighted by atomic mass is 19.1. The van der Waals surface area contributed by atoms with E-state index in [1.165, 1.54) is 43.1 Å². The van der Waals surface area contributed by atoms with E-state index in [-0.39, 0.29) is 18.3 Å². The van der Waals surface area contributed by atoms with E-state index in [4.69, 9.17) is 0 Å². The Morgan fingerprint density at radius 3 is 2.69 bits per heavy atom. The van der Waals surface area contributed by atoms with E-state index < -0.39 is 0 Å². The first-order valence-corrected chi connectivity index (χ1v) is 9.51. The Kier molecular flexibility index (Phi) is 8.38. The third-order valence-electron chi connectivity index (χ3n) is 4.75. The number of carbonyl (C=O) groups is 1. The standard InChI is InChI=1S/C20H31FN4O/c1-25(2)19(26)15-24-20(23-14-17-7-4-3-5-8-17)22-12-11-16-9-6-10-18(21)13-16/h6,9-10,13,17H,3-5,7-8,11-12,14-15H2,1-2H3,(H2,22,23,24). The molecule has 0 bridgehead atoms. The van der Waals surface area contributed by atoms with E-state index in [9.17, 15) is 9.18 Å². The summed E-state index contributed by atoms with van der Waals surface area (Å²) in [6, 6.07) is 6.62. The molecule has 0 aromatic heterocycles. The lowest BCUT2D eigenvalue weighted by molar-refractivity contribution is -0.127. The lowest BCUT2D eigenvalue weighted by Crippen LogP contribution is -2.41. The van der Waals surface area contributed by atoms with E-state index in [1.807, 2.05) is 6.07 Å². The zero-order valence-corrected chi connectivity index (χ0v) is 15.9. The molecule has 0 atom stereocenters. The first-order valence-electron chi connectivity index (χ1n) is 9.51. The summed E-state index contributed by atoms with van der Waals surface area (Å²) in [4.78, 5) is 17.8. The Labute approximate surface area is 156 Å². The molecule has 1 aliphatic rings. The molecule has 0 radical (unpaired) electrons. The Bertz CT molecular complexity index is 597. The average Bonchev–Trinajstić information content (AvgIpc) is 2.64. The Hall–Kier alpha value is -2.11. The Balaban J connectivity index is 1.86. The predicted octanol–water partition coefficient (Wildman–Crippen LogP) is 2.57. The first kappa shape index (κ1) is 20.2. The van der Waals surface area contributed by atoms with Gasteiger partial charge in [0.15, 0.2) is 5.96 Å². The van der Waals surface area contributed by atoms with Crippen LogP contribution in [0.25, 0.3) is 0 Å². The van der Waals surface area contributed by atoms with Crippen LogP contribution in [-0.2, 0) is 11.2 Å². The minimum Gasteiger partial charge on any atom is -0.356 e. The van der Waals surface area contributed by atoms with Crippen molar-refractivity contribution in [1.29, 1.82) is 0 Å². The van der Waals surface area contributed by atoms with Crippen LogP contribution in [0.1, 0.15) is 37.7 Å². The molecule has 0 heterocycles. The predicted molar refractivity (Wildman–Crippen MR) is 104 cm³/mol. The Morgan fingerprint density at radius 2 is 2.00 bits per heavy atom. The van der Waals surface area contributed by atoms with Crippen molar-refractivity contribution in [3.05, 3.63) is 35.6 Å². The molecule has 1 saturated carbocycles. The number of amides is 1. The maximum absolute atomic E-state index is 13.3. The number of hydrogen-bond acceptors (Lipinski definition) is 2. The van der Waals surface area contributed by atoms with Gasteiger partial charge in [0.1, 0.15) is 12.4 Å². The number of nitrogens with one attached hydrogen (secondary N) is 2. The van der Waals surface area contributed by atoms with Crippen LogP contribution >= 0.6 is 0 Å². The summed E-state index contributed by atoms with van der Waals surface area (Å²) in [5, 5.41) is 6.64. The van der Waals surface area contributed by atoms with Gasteiger partial charge in [0.05, 0.1) is 0 Å². The van der Waals surface area contributed by atoms with Crippen LogP contribution < -0.4 is 10.6 Å². The highest BCUT2D eigenvalue weighted by Crippen LogP contribution is 2.22. The van der Waals surface area contributed by atoms with Crippen molar-refractivity contribution in [2.45, 2.75) is 38.5 Å². The minimum absolute atomic E-state index is 0.0334. The van der Waals surface area contributed by atoms with Crippen molar-refractivity contribution in [2.75, 3.05) is 33.7 Å². The fourth-order valence-electron chi connectivity index (χ4n) is 3.11. The number of benzene rings is 1. The number of halogens is 1. The third kappa shape index (κ3) is 7.42. The summed E-state index contributed by atoms with van der Waals surface area (Å²) < 4.78 is 13.3. The van der Waals surface area contributed by atoms with Gasteiger partial charge in [0, 0.05) is 27.2 Å². The molecule has 0 aliphatic heterocycles. The van der Waals surface area contributed by atoms with Crippen molar-refractivity contribution in [3.63, 3.8) is 0 Å². The fourth-order valence-corrected chi connectivity index (χ4v) is 3.11. The smallest absolute Gasteiger partial charge is 0.243 e. The second kappa shape index (κ2) is 10.8. The monoisotopic (exact) mass is 362 g/mol. The van der Waals surface area contributed by atoms with E-state index in [2.05, 4.69) is 15.6 Å². The molecule has 26 heavy (non-hydrogen) atoms. The van der Waals surface area contributed by atoms with Gasteiger partial charge < -0.3 is 15.5 Å². The van der Waals surface area contributed by atoms with Gasteiger partial charge in [0.2, 0.25) is 5.91 Å². The van der Waals surface area contributed by atoms with Gasteiger partial charge in [-0.3, -0.25) is 4.79 Å². The second-order valence-electron chi connectivity index (χ2n) is 7.14. The number of guanidine groups is 1. The van der Waals surface area contributed by atoms with Crippen molar-refractivity contribution < 1.29 is 9.18 Å². The lowest BCUT2D eigenvalue weighted by Gasteiger charge is -2.23. The minimum atomic E-state index is -0.219. The van der Waals surface area contributed by atoms with Crippen LogP contribution in [0.4, 0.5) is 4.39 Å². The molecule has 0 saturated heterocycles. The third-order valence-corrected chi connectivity index (χ3v) is 4.75. The summed E-state index contributed by atoms with van der Waals surface area (Å²) in [7, 11) is 3.45. The molecule has 0 unspecified atom stereocenters. The molecule has 144 valence electrons. The molecule has 0 spiro atoms. The SMILES string of the molecule is CN(C)C(=O)CN=C(NCCc1cccc(F)c1)NCC1CCCCC1. The van der Waals surface area contributed by atoms with Gasteiger partial charge in [-0.2, -0.15) is 0 Å². The van der Waals surface area contributed by atoms with Crippen molar-refractivity contribution in [2.24, 2.45) is 10.9 Å². The fraction of sp³-hybridized carbons (Fsp3) is 0.600. The molecule has 1 fully saturated rings. The van der Waals surface area contributed by atoms with Crippen LogP contribution in [0.15, 0.2) is 29.3 Å². The summed E-state index contributed by atoms with van der Waals surface area (Å²) in [5.41, 5.74) is 0.938. The molecule has 2 rings (SSSR count). The number of rotatable bonds is 7. The van der Waals surface area contributed by atoms with Crippen LogP contribution in [0.2, 0.25) is 0 Å². The highest BCUT2D eigenvalue weighted by molar-refractivity contribution is 5.84. The number of likely N-dealkylation sites (N-methyl/N-ethyl adjacent to an activating group) is 1. The van der Waals surface area contributed by atoms with Crippen LogP contribution in [-0.4, -0.2) is 50.5 Å². The van der Waals surface area contributed by atoms with E-state index in [0.717, 1.165) is 12.1 Å². The van der Waals surface area contributed by atoms with Crippen LogP contribution in [0, 0.1) is 11.7 Å². The summed E-state index contributed by atoms with van der Waals surface area (Å²) in [6.07, 6.45) is 7.13. The van der Waals surface area contributed by atoms with Crippen molar-refractivity contribution >= 4 is 11.9 Å². The van der Waals surface area contributed by atoms with Gasteiger partial charge in [0.25, 0.3) is 0 Å². The van der Waals surface area contributed by atoms with Gasteiger partial charge in [-0.25, -0.2) is 9.38 Å². The van der Waals surface area contributed by atoms with Crippen LogP contribution in [0.3, 0.4) is 0 Å². The molecular weight excluding hydrogens is 331 g/mol. The molecular formula is C20H31FN4O. The van der Waals surface area contributed by atoms with Gasteiger partial charge >= 0.3 is 0 Å². The van der Waals surface area contributed by atoms with Gasteiger partial charge in [-0.1, -0.05) is 31.4 Å². The largest absolute Gasteiger partial charge is 0.356 e. The zero-order chi connectivity index (χ0) is 18.8. The van der Waals surface area contributed by atoms with Crippen molar-refractivity contribution in [1.82, 2.24) is 15.5 Å². The van der Waals surface area contributed by atoms with Crippen LogP contribution in [0.5, 0.6) is 0 Å². The highest BCUT2D eigenvalue weighted by Gasteiger charge is 2.14. The average molecular weight is 362 g/mol. The zero-order valence-electron chi connectivity index (χ0n) is 15.9.